The topological polar surface area (TPSA) is 111 Å². The molecular formula is C18H25N5O2. The maximum absolute atomic E-state index is 12.1. The number of primary amides is 1. The van der Waals surface area contributed by atoms with Crippen molar-refractivity contribution in [3.63, 3.8) is 0 Å². The molecule has 134 valence electrons. The van der Waals surface area contributed by atoms with Crippen molar-refractivity contribution in [2.45, 2.75) is 26.2 Å². The van der Waals surface area contributed by atoms with E-state index in [1.165, 1.54) is 0 Å². The van der Waals surface area contributed by atoms with Crippen LogP contribution in [0.25, 0.3) is 0 Å². The van der Waals surface area contributed by atoms with Crippen molar-refractivity contribution >= 4 is 17.6 Å². The summed E-state index contributed by atoms with van der Waals surface area (Å²) in [6.45, 7) is 4.74. The number of anilines is 1. The molecule has 1 aromatic carbocycles. The molecule has 0 radical (unpaired) electrons. The maximum atomic E-state index is 12.1. The first kappa shape index (κ1) is 18.7. The van der Waals surface area contributed by atoms with E-state index in [1.807, 2.05) is 6.92 Å². The average Bonchev–Trinajstić information content (AvgIpc) is 2.62. The van der Waals surface area contributed by atoms with Gasteiger partial charge in [0.15, 0.2) is 0 Å². The fourth-order valence-corrected chi connectivity index (χ4v) is 3.06. The van der Waals surface area contributed by atoms with Gasteiger partial charge in [-0.15, -0.1) is 0 Å². The number of aryl methyl sites for hydroxylation is 1. The van der Waals surface area contributed by atoms with Crippen LogP contribution in [-0.4, -0.2) is 43.0 Å². The molecule has 0 spiro atoms. The Morgan fingerprint density at radius 2 is 2.24 bits per heavy atom. The van der Waals surface area contributed by atoms with Gasteiger partial charge in [0.05, 0.1) is 17.6 Å². The summed E-state index contributed by atoms with van der Waals surface area (Å²) in [7, 11) is 0. The number of carbonyl (C=O) groups excluding carboxylic acids is 2. The molecule has 0 aromatic heterocycles. The van der Waals surface area contributed by atoms with Gasteiger partial charge < -0.3 is 21.3 Å². The Morgan fingerprint density at radius 1 is 1.44 bits per heavy atom. The molecule has 25 heavy (non-hydrogen) atoms. The quantitative estimate of drug-likeness (QED) is 0.725. The van der Waals surface area contributed by atoms with Crippen LogP contribution in [0, 0.1) is 17.2 Å². The Balaban J connectivity index is 1.79. The number of hydrogen-bond donors (Lipinski definition) is 3. The third-order valence-corrected chi connectivity index (χ3v) is 4.48. The van der Waals surface area contributed by atoms with E-state index in [-0.39, 0.29) is 17.9 Å². The molecule has 1 saturated heterocycles. The lowest BCUT2D eigenvalue weighted by Crippen LogP contribution is -2.44. The smallest absolute Gasteiger partial charge is 0.319 e. The summed E-state index contributed by atoms with van der Waals surface area (Å²) >= 11 is 0. The molecule has 7 heteroatoms. The minimum absolute atomic E-state index is 0.0895. The second kappa shape index (κ2) is 9.04. The molecule has 0 aliphatic carbocycles. The number of piperidine rings is 1. The minimum Gasteiger partial charge on any atom is -0.369 e. The van der Waals surface area contributed by atoms with Crippen LogP contribution in [0.5, 0.6) is 0 Å². The maximum Gasteiger partial charge on any atom is 0.319 e. The highest BCUT2D eigenvalue weighted by molar-refractivity contribution is 5.90. The normalized spacial score (nSPS) is 17.5. The van der Waals surface area contributed by atoms with Gasteiger partial charge in [-0.2, -0.15) is 5.26 Å². The van der Waals surface area contributed by atoms with Gasteiger partial charge in [0.1, 0.15) is 0 Å². The fraction of sp³-hybridized carbons (Fsp3) is 0.500. The molecule has 2 rings (SSSR count). The van der Waals surface area contributed by atoms with Crippen LogP contribution in [0.1, 0.15) is 30.9 Å². The molecule has 1 fully saturated rings. The number of benzene rings is 1. The second-order valence-electron chi connectivity index (χ2n) is 6.26. The molecule has 0 saturated carbocycles. The third-order valence-electron chi connectivity index (χ3n) is 4.48. The number of nitrogens with two attached hydrogens (primary N) is 1. The Hall–Kier alpha value is -2.59. The zero-order valence-corrected chi connectivity index (χ0v) is 14.5. The SMILES string of the molecule is CCc1cc(C#N)ccc1NC(=O)NCCN1CCC[C@H](C(N)=O)C1. The van der Waals surface area contributed by atoms with Crippen LogP contribution >= 0.6 is 0 Å². The van der Waals surface area contributed by atoms with E-state index in [0.717, 1.165) is 31.4 Å². The second-order valence-corrected chi connectivity index (χ2v) is 6.26. The lowest BCUT2D eigenvalue weighted by Gasteiger charge is -2.31. The van der Waals surface area contributed by atoms with Crippen LogP contribution in [0.2, 0.25) is 0 Å². The molecule has 1 aliphatic heterocycles. The third kappa shape index (κ3) is 5.47. The molecule has 3 amide bonds. The van der Waals surface area contributed by atoms with Gasteiger partial charge in [0, 0.05) is 25.3 Å². The first-order valence-corrected chi connectivity index (χ1v) is 8.63. The lowest BCUT2D eigenvalue weighted by molar-refractivity contribution is -0.123. The van der Waals surface area contributed by atoms with Crippen LogP contribution in [0.15, 0.2) is 18.2 Å². The summed E-state index contributed by atoms with van der Waals surface area (Å²) in [5.41, 5.74) is 7.59. The van der Waals surface area contributed by atoms with Crippen LogP contribution in [0.3, 0.4) is 0 Å². The van der Waals surface area contributed by atoms with E-state index in [0.29, 0.717) is 30.9 Å². The van der Waals surface area contributed by atoms with Gasteiger partial charge in [-0.3, -0.25) is 4.79 Å². The van der Waals surface area contributed by atoms with E-state index in [4.69, 9.17) is 11.0 Å². The van der Waals surface area contributed by atoms with Crippen molar-refractivity contribution in [2.75, 3.05) is 31.5 Å². The van der Waals surface area contributed by atoms with E-state index in [9.17, 15) is 9.59 Å². The number of urea groups is 1. The van der Waals surface area contributed by atoms with Crippen LogP contribution < -0.4 is 16.4 Å². The molecule has 7 nitrogen and oxygen atoms in total. The number of carbonyl (C=O) groups is 2. The van der Waals surface area contributed by atoms with E-state index in [2.05, 4.69) is 21.6 Å². The number of amides is 3. The van der Waals surface area contributed by atoms with E-state index in [1.54, 1.807) is 18.2 Å². The van der Waals surface area contributed by atoms with Gasteiger partial charge in [-0.25, -0.2) is 4.79 Å². The molecule has 1 aliphatic rings. The first-order valence-electron chi connectivity index (χ1n) is 8.63. The van der Waals surface area contributed by atoms with Crippen LogP contribution in [0.4, 0.5) is 10.5 Å². The number of likely N-dealkylation sites (tertiary alicyclic amines) is 1. The lowest BCUT2D eigenvalue weighted by atomic mass is 9.97. The zero-order valence-electron chi connectivity index (χ0n) is 14.5. The highest BCUT2D eigenvalue weighted by Crippen LogP contribution is 2.18. The molecule has 1 heterocycles. The highest BCUT2D eigenvalue weighted by atomic mass is 16.2. The fourth-order valence-electron chi connectivity index (χ4n) is 3.06. The predicted molar refractivity (Wildman–Crippen MR) is 95.9 cm³/mol. The molecular weight excluding hydrogens is 318 g/mol. The summed E-state index contributed by atoms with van der Waals surface area (Å²) < 4.78 is 0. The molecule has 4 N–H and O–H groups in total. The standard InChI is InChI=1S/C18H25N5O2/c1-2-14-10-13(11-19)5-6-16(14)22-18(25)21-7-9-23-8-3-4-15(12-23)17(20)24/h5-6,10,15H,2-4,7-9,12H2,1H3,(H2,20,24)(H2,21,22,25)/t15-/m0/s1. The highest BCUT2D eigenvalue weighted by Gasteiger charge is 2.23. The van der Waals surface area contributed by atoms with Gasteiger partial charge in [0.25, 0.3) is 0 Å². The van der Waals surface area contributed by atoms with Gasteiger partial charge >= 0.3 is 6.03 Å². The minimum atomic E-state index is -0.275. The summed E-state index contributed by atoms with van der Waals surface area (Å²) in [6, 6.07) is 7.04. The van der Waals surface area contributed by atoms with Gasteiger partial charge in [-0.1, -0.05) is 6.92 Å². The Labute approximate surface area is 148 Å². The largest absolute Gasteiger partial charge is 0.369 e. The van der Waals surface area contributed by atoms with Crippen LogP contribution in [-0.2, 0) is 11.2 Å². The summed E-state index contributed by atoms with van der Waals surface area (Å²) in [6.07, 6.45) is 2.52. The number of nitrogens with one attached hydrogen (secondary N) is 2. The molecule has 1 atom stereocenters. The molecule has 1 aromatic rings. The number of nitriles is 1. The van der Waals surface area contributed by atoms with Crippen molar-refractivity contribution in [2.24, 2.45) is 11.7 Å². The van der Waals surface area contributed by atoms with Gasteiger partial charge in [-0.05, 0) is 49.6 Å². The zero-order chi connectivity index (χ0) is 18.2. The van der Waals surface area contributed by atoms with Crippen molar-refractivity contribution in [1.82, 2.24) is 10.2 Å². The average molecular weight is 343 g/mol. The van der Waals surface area contributed by atoms with Crippen molar-refractivity contribution < 1.29 is 9.59 Å². The molecule has 0 bridgehead atoms. The Bertz CT molecular complexity index is 668. The monoisotopic (exact) mass is 343 g/mol. The number of hydrogen-bond acceptors (Lipinski definition) is 4. The van der Waals surface area contributed by atoms with Crippen molar-refractivity contribution in [3.05, 3.63) is 29.3 Å². The van der Waals surface area contributed by atoms with E-state index >= 15 is 0 Å². The first-order chi connectivity index (χ1) is 12.0. The summed E-state index contributed by atoms with van der Waals surface area (Å²) in [4.78, 5) is 25.5. The summed E-state index contributed by atoms with van der Waals surface area (Å²) in [5, 5.41) is 14.6. The number of rotatable bonds is 6. The Kier molecular flexibility index (Phi) is 6.78. The van der Waals surface area contributed by atoms with Gasteiger partial charge in [0.2, 0.25) is 5.91 Å². The van der Waals surface area contributed by atoms with Crippen molar-refractivity contribution in [1.29, 1.82) is 5.26 Å². The molecule has 0 unspecified atom stereocenters. The predicted octanol–water partition coefficient (Wildman–Crippen LogP) is 1.44. The summed E-state index contributed by atoms with van der Waals surface area (Å²) in [5.74, 6) is -0.336. The van der Waals surface area contributed by atoms with E-state index < -0.39 is 0 Å². The Morgan fingerprint density at radius 3 is 2.92 bits per heavy atom. The van der Waals surface area contributed by atoms with Crippen molar-refractivity contribution in [3.8, 4) is 6.07 Å². The number of nitrogens with zero attached hydrogens (tertiary/aromatic N) is 2.